The molecule has 2 saturated heterocycles. The summed E-state index contributed by atoms with van der Waals surface area (Å²) in [5, 5.41) is 0. The van der Waals surface area contributed by atoms with Gasteiger partial charge in [0.1, 0.15) is 5.75 Å². The van der Waals surface area contributed by atoms with Crippen molar-refractivity contribution in [1.29, 1.82) is 0 Å². The van der Waals surface area contributed by atoms with Crippen LogP contribution >= 0.6 is 0 Å². The van der Waals surface area contributed by atoms with Gasteiger partial charge in [0.25, 0.3) is 0 Å². The minimum absolute atomic E-state index is 0.0432. The summed E-state index contributed by atoms with van der Waals surface area (Å²) in [6, 6.07) is 16.7. The molecule has 0 atom stereocenters. The van der Waals surface area contributed by atoms with Crippen molar-refractivity contribution in [1.82, 2.24) is 9.21 Å². The summed E-state index contributed by atoms with van der Waals surface area (Å²) in [6.45, 7) is 2.36. The van der Waals surface area contributed by atoms with Crippen LogP contribution in [0.4, 0.5) is 0 Å². The van der Waals surface area contributed by atoms with Crippen molar-refractivity contribution in [3.05, 3.63) is 60.2 Å². The maximum absolute atomic E-state index is 13.1. The highest BCUT2D eigenvalue weighted by Gasteiger charge is 2.40. The minimum atomic E-state index is -3.55. The number of nitrogens with zero attached hydrogens (tertiary/aromatic N) is 2. The Hall–Kier alpha value is -2.38. The molecular formula is C24H30N2O4S. The van der Waals surface area contributed by atoms with Gasteiger partial charge in [0, 0.05) is 38.7 Å². The van der Waals surface area contributed by atoms with Crippen LogP contribution in [0.3, 0.4) is 0 Å². The van der Waals surface area contributed by atoms with Gasteiger partial charge in [0.15, 0.2) is 0 Å². The van der Waals surface area contributed by atoms with Gasteiger partial charge in [-0.2, -0.15) is 4.31 Å². The number of ether oxygens (including phenoxy) is 1. The number of piperidine rings is 1. The molecule has 2 aromatic rings. The highest BCUT2D eigenvalue weighted by atomic mass is 32.2. The van der Waals surface area contributed by atoms with Crippen LogP contribution in [-0.2, 0) is 21.4 Å². The van der Waals surface area contributed by atoms with E-state index in [0.29, 0.717) is 31.8 Å². The van der Waals surface area contributed by atoms with E-state index in [1.54, 1.807) is 28.6 Å². The monoisotopic (exact) mass is 442 g/mol. The van der Waals surface area contributed by atoms with Crippen molar-refractivity contribution < 1.29 is 17.9 Å². The summed E-state index contributed by atoms with van der Waals surface area (Å²) in [4.78, 5) is 15.0. The van der Waals surface area contributed by atoms with Crippen LogP contribution in [0.15, 0.2) is 59.5 Å². The smallest absolute Gasteiger partial charge is 0.243 e. The number of carbonyl (C=O) groups is 1. The molecule has 1 amide bonds. The maximum Gasteiger partial charge on any atom is 0.243 e. The van der Waals surface area contributed by atoms with E-state index in [1.165, 1.54) is 7.11 Å². The zero-order chi connectivity index (χ0) is 21.9. The molecule has 0 radical (unpaired) electrons. The van der Waals surface area contributed by atoms with E-state index >= 15 is 0 Å². The van der Waals surface area contributed by atoms with Crippen molar-refractivity contribution >= 4 is 15.9 Å². The molecule has 7 heteroatoms. The summed E-state index contributed by atoms with van der Waals surface area (Å²) < 4.78 is 33.0. The van der Waals surface area contributed by atoms with Crippen LogP contribution < -0.4 is 4.74 Å². The van der Waals surface area contributed by atoms with Crippen molar-refractivity contribution in [2.45, 2.75) is 43.5 Å². The molecule has 0 bridgehead atoms. The van der Waals surface area contributed by atoms with Crippen molar-refractivity contribution in [3.8, 4) is 5.75 Å². The molecule has 166 valence electrons. The quantitative estimate of drug-likeness (QED) is 0.709. The van der Waals surface area contributed by atoms with Gasteiger partial charge in [0.05, 0.1) is 12.0 Å². The Morgan fingerprint density at radius 3 is 2.35 bits per heavy atom. The predicted octanol–water partition coefficient (Wildman–Crippen LogP) is 3.68. The maximum atomic E-state index is 13.1. The number of carbonyl (C=O) groups excluding carboxylic acids is 1. The third kappa shape index (κ3) is 4.77. The molecule has 0 aromatic heterocycles. The average Bonchev–Trinajstić information content (AvgIpc) is 2.95. The molecule has 2 heterocycles. The van der Waals surface area contributed by atoms with E-state index in [0.717, 1.165) is 37.8 Å². The SMILES string of the molecule is COc1cccc(S(=O)(=O)N2CCC3(CCC(=O)N(Cc4ccccc4)CC3)CC2)c1. The van der Waals surface area contributed by atoms with Crippen LogP contribution in [0.1, 0.15) is 37.7 Å². The third-order valence-corrected chi connectivity index (χ3v) is 8.71. The van der Waals surface area contributed by atoms with Gasteiger partial charge in [0.2, 0.25) is 15.9 Å². The lowest BCUT2D eigenvalue weighted by Gasteiger charge is -2.40. The fourth-order valence-electron chi connectivity index (χ4n) is 4.73. The first-order valence-electron chi connectivity index (χ1n) is 10.9. The Kier molecular flexibility index (Phi) is 6.34. The summed E-state index contributed by atoms with van der Waals surface area (Å²) in [5.41, 5.74) is 1.19. The van der Waals surface area contributed by atoms with Crippen LogP contribution in [0, 0.1) is 5.41 Å². The number of benzene rings is 2. The lowest BCUT2D eigenvalue weighted by atomic mass is 9.73. The van der Waals surface area contributed by atoms with E-state index < -0.39 is 10.0 Å². The van der Waals surface area contributed by atoms with Crippen LogP contribution in [0.25, 0.3) is 0 Å². The molecule has 0 aliphatic carbocycles. The van der Waals surface area contributed by atoms with E-state index in [2.05, 4.69) is 12.1 Å². The fraction of sp³-hybridized carbons (Fsp3) is 0.458. The number of amides is 1. The van der Waals surface area contributed by atoms with Crippen molar-refractivity contribution in [2.75, 3.05) is 26.7 Å². The van der Waals surface area contributed by atoms with Gasteiger partial charge in [-0.05, 0) is 48.8 Å². The zero-order valence-electron chi connectivity index (χ0n) is 18.0. The van der Waals surface area contributed by atoms with E-state index in [1.807, 2.05) is 23.1 Å². The Labute approximate surface area is 184 Å². The van der Waals surface area contributed by atoms with E-state index in [4.69, 9.17) is 4.74 Å². The molecule has 1 spiro atoms. The molecular weight excluding hydrogens is 412 g/mol. The number of likely N-dealkylation sites (tertiary alicyclic amines) is 1. The second-order valence-corrected chi connectivity index (χ2v) is 10.6. The lowest BCUT2D eigenvalue weighted by molar-refractivity contribution is -0.131. The van der Waals surface area contributed by atoms with Gasteiger partial charge in [-0.15, -0.1) is 0 Å². The van der Waals surface area contributed by atoms with E-state index in [-0.39, 0.29) is 16.2 Å². The van der Waals surface area contributed by atoms with Crippen LogP contribution in [0.5, 0.6) is 5.75 Å². The second-order valence-electron chi connectivity index (χ2n) is 8.63. The predicted molar refractivity (Wildman–Crippen MR) is 119 cm³/mol. The first kappa shape index (κ1) is 21.8. The lowest BCUT2D eigenvalue weighted by Crippen LogP contribution is -2.43. The van der Waals surface area contributed by atoms with Crippen LogP contribution in [0.2, 0.25) is 0 Å². The molecule has 2 aromatic carbocycles. The number of hydrogen-bond donors (Lipinski definition) is 0. The summed E-state index contributed by atoms with van der Waals surface area (Å²) >= 11 is 0. The molecule has 0 unspecified atom stereocenters. The normalized spacial score (nSPS) is 19.9. The molecule has 0 saturated carbocycles. The Morgan fingerprint density at radius 2 is 1.65 bits per heavy atom. The van der Waals surface area contributed by atoms with Gasteiger partial charge in [-0.1, -0.05) is 36.4 Å². The molecule has 31 heavy (non-hydrogen) atoms. The Morgan fingerprint density at radius 1 is 0.935 bits per heavy atom. The summed E-state index contributed by atoms with van der Waals surface area (Å²) in [6.07, 6.45) is 3.89. The molecule has 0 N–H and O–H groups in total. The van der Waals surface area contributed by atoms with E-state index in [9.17, 15) is 13.2 Å². The van der Waals surface area contributed by atoms with Crippen molar-refractivity contribution in [2.24, 2.45) is 5.41 Å². The molecule has 2 aliphatic rings. The number of rotatable bonds is 5. The minimum Gasteiger partial charge on any atom is -0.497 e. The molecule has 4 rings (SSSR count). The number of sulfonamides is 1. The topological polar surface area (TPSA) is 66.9 Å². The first-order valence-corrected chi connectivity index (χ1v) is 12.3. The Balaban J connectivity index is 1.41. The first-order chi connectivity index (χ1) is 14.9. The molecule has 6 nitrogen and oxygen atoms in total. The van der Waals surface area contributed by atoms with Crippen LogP contribution in [-0.4, -0.2) is 50.3 Å². The second kappa shape index (κ2) is 9.01. The highest BCUT2D eigenvalue weighted by molar-refractivity contribution is 7.89. The third-order valence-electron chi connectivity index (χ3n) is 6.81. The van der Waals surface area contributed by atoms with Gasteiger partial charge >= 0.3 is 0 Å². The summed E-state index contributed by atoms with van der Waals surface area (Å²) in [7, 11) is -2.01. The standard InChI is InChI=1S/C24H30N2O4S/c1-30-21-8-5-9-22(18-21)31(28,29)26-16-13-24(14-17-26)11-10-23(27)25(15-12-24)19-20-6-3-2-4-7-20/h2-9,18H,10-17,19H2,1H3. The van der Waals surface area contributed by atoms with Gasteiger partial charge in [-0.3, -0.25) is 4.79 Å². The van der Waals surface area contributed by atoms with Crippen molar-refractivity contribution in [3.63, 3.8) is 0 Å². The average molecular weight is 443 g/mol. The Bertz CT molecular complexity index is 1010. The summed E-state index contributed by atoms with van der Waals surface area (Å²) in [5.74, 6) is 0.738. The zero-order valence-corrected chi connectivity index (χ0v) is 18.8. The van der Waals surface area contributed by atoms with Gasteiger partial charge < -0.3 is 9.64 Å². The number of hydrogen-bond acceptors (Lipinski definition) is 4. The molecule has 2 aliphatic heterocycles. The fourth-order valence-corrected chi connectivity index (χ4v) is 6.21. The molecule has 2 fully saturated rings. The largest absolute Gasteiger partial charge is 0.497 e. The number of methoxy groups -OCH3 is 1. The highest BCUT2D eigenvalue weighted by Crippen LogP contribution is 2.42. The van der Waals surface area contributed by atoms with Gasteiger partial charge in [-0.25, -0.2) is 8.42 Å².